The van der Waals surface area contributed by atoms with E-state index in [1.165, 1.54) is 5.56 Å². The van der Waals surface area contributed by atoms with E-state index in [4.69, 9.17) is 0 Å². The first-order chi connectivity index (χ1) is 13.2. The van der Waals surface area contributed by atoms with Gasteiger partial charge in [0.05, 0.1) is 6.33 Å². The Morgan fingerprint density at radius 1 is 1.25 bits per heavy atom. The lowest BCUT2D eigenvalue weighted by Gasteiger charge is -2.33. The van der Waals surface area contributed by atoms with Crippen LogP contribution in [0.3, 0.4) is 0 Å². The number of rotatable bonds is 7. The van der Waals surface area contributed by atoms with E-state index in [-0.39, 0.29) is 24.0 Å². The number of hydrogen-bond donors (Lipinski definition) is 2. The molecule has 0 aliphatic carbocycles. The molecular weight excluding hydrogens is 531 g/mol. The van der Waals surface area contributed by atoms with Crippen LogP contribution in [0.5, 0.6) is 0 Å². The standard InChI is InChI=1S/C20H29BrN6.HI/c1-22-20(24-9-2-11-27-14-10-23-16-27)25-19-7-12-26(13-8-19)15-17-3-5-18(21)6-4-17;/h3-6,10,14,16,19H,2,7-9,11-13,15H2,1H3,(H2,22,24,25);1H. The Morgan fingerprint density at radius 3 is 2.64 bits per heavy atom. The van der Waals surface area contributed by atoms with E-state index in [1.54, 1.807) is 0 Å². The molecule has 154 valence electrons. The molecule has 6 nitrogen and oxygen atoms in total. The zero-order valence-electron chi connectivity index (χ0n) is 16.4. The fourth-order valence-electron chi connectivity index (χ4n) is 3.36. The molecule has 1 aliphatic rings. The number of aromatic nitrogens is 2. The summed E-state index contributed by atoms with van der Waals surface area (Å²) in [6.45, 7) is 5.14. The van der Waals surface area contributed by atoms with Crippen molar-refractivity contribution in [1.82, 2.24) is 25.1 Å². The van der Waals surface area contributed by atoms with Crippen molar-refractivity contribution in [2.75, 3.05) is 26.7 Å². The number of hydrogen-bond acceptors (Lipinski definition) is 3. The van der Waals surface area contributed by atoms with Gasteiger partial charge in [-0.3, -0.25) is 9.89 Å². The van der Waals surface area contributed by atoms with Gasteiger partial charge in [-0.1, -0.05) is 28.1 Å². The summed E-state index contributed by atoms with van der Waals surface area (Å²) in [5.74, 6) is 0.909. The molecule has 2 aromatic rings. The number of likely N-dealkylation sites (tertiary alicyclic amines) is 1. The largest absolute Gasteiger partial charge is 0.356 e. The molecule has 0 amide bonds. The molecule has 1 fully saturated rings. The fraction of sp³-hybridized carbons (Fsp3) is 0.500. The summed E-state index contributed by atoms with van der Waals surface area (Å²) in [4.78, 5) is 11.0. The lowest BCUT2D eigenvalue weighted by Crippen LogP contribution is -2.48. The van der Waals surface area contributed by atoms with Crippen LogP contribution in [0.1, 0.15) is 24.8 Å². The minimum absolute atomic E-state index is 0. The molecule has 0 spiro atoms. The highest BCUT2D eigenvalue weighted by molar-refractivity contribution is 14.0. The maximum Gasteiger partial charge on any atom is 0.191 e. The topological polar surface area (TPSA) is 57.5 Å². The Bertz CT molecular complexity index is 696. The summed E-state index contributed by atoms with van der Waals surface area (Å²) in [6, 6.07) is 9.12. The third-order valence-electron chi connectivity index (χ3n) is 4.92. The summed E-state index contributed by atoms with van der Waals surface area (Å²) in [5.41, 5.74) is 1.37. The van der Waals surface area contributed by atoms with Gasteiger partial charge in [-0.2, -0.15) is 0 Å². The molecule has 2 heterocycles. The first-order valence-corrected chi connectivity index (χ1v) is 10.4. The number of nitrogens with zero attached hydrogens (tertiary/aromatic N) is 4. The minimum Gasteiger partial charge on any atom is -0.356 e. The van der Waals surface area contributed by atoms with Crippen LogP contribution < -0.4 is 10.6 Å². The zero-order valence-corrected chi connectivity index (χ0v) is 20.3. The van der Waals surface area contributed by atoms with Gasteiger partial charge in [0.15, 0.2) is 5.96 Å². The average Bonchev–Trinajstić information content (AvgIpc) is 3.21. The monoisotopic (exact) mass is 560 g/mol. The van der Waals surface area contributed by atoms with E-state index >= 15 is 0 Å². The number of aryl methyl sites for hydroxylation is 1. The predicted molar refractivity (Wildman–Crippen MR) is 129 cm³/mol. The van der Waals surface area contributed by atoms with Gasteiger partial charge in [-0.15, -0.1) is 24.0 Å². The molecule has 0 saturated carbocycles. The molecule has 1 saturated heterocycles. The maximum absolute atomic E-state index is 4.37. The smallest absolute Gasteiger partial charge is 0.191 e. The van der Waals surface area contributed by atoms with E-state index in [0.29, 0.717) is 6.04 Å². The van der Waals surface area contributed by atoms with Gasteiger partial charge < -0.3 is 15.2 Å². The minimum atomic E-state index is 0. The fourth-order valence-corrected chi connectivity index (χ4v) is 3.62. The number of piperidine rings is 1. The molecule has 0 bridgehead atoms. The van der Waals surface area contributed by atoms with Crippen LogP contribution in [0.4, 0.5) is 0 Å². The van der Waals surface area contributed by atoms with E-state index < -0.39 is 0 Å². The molecule has 28 heavy (non-hydrogen) atoms. The molecule has 3 rings (SSSR count). The zero-order chi connectivity index (χ0) is 18.9. The van der Waals surface area contributed by atoms with Crippen molar-refractivity contribution in [3.8, 4) is 0 Å². The average molecular weight is 561 g/mol. The Hall–Kier alpha value is -1.13. The van der Waals surface area contributed by atoms with Crippen LogP contribution in [-0.2, 0) is 13.1 Å². The van der Waals surface area contributed by atoms with Crippen LogP contribution in [0.25, 0.3) is 0 Å². The van der Waals surface area contributed by atoms with Gasteiger partial charge in [0.2, 0.25) is 0 Å². The van der Waals surface area contributed by atoms with Crippen molar-refractivity contribution in [2.45, 2.75) is 38.4 Å². The normalized spacial score (nSPS) is 15.9. The van der Waals surface area contributed by atoms with Gasteiger partial charge in [0, 0.05) is 62.7 Å². The van der Waals surface area contributed by atoms with E-state index in [2.05, 4.69) is 70.3 Å². The molecule has 0 unspecified atom stereocenters. The van der Waals surface area contributed by atoms with Crippen LogP contribution in [0.2, 0.25) is 0 Å². The second-order valence-electron chi connectivity index (χ2n) is 6.97. The number of benzene rings is 1. The van der Waals surface area contributed by atoms with Gasteiger partial charge >= 0.3 is 0 Å². The quantitative estimate of drug-likeness (QED) is 0.236. The van der Waals surface area contributed by atoms with Gasteiger partial charge in [-0.25, -0.2) is 4.98 Å². The number of imidazole rings is 1. The van der Waals surface area contributed by atoms with Crippen molar-refractivity contribution in [3.63, 3.8) is 0 Å². The highest BCUT2D eigenvalue weighted by Gasteiger charge is 2.19. The third-order valence-corrected chi connectivity index (χ3v) is 5.44. The van der Waals surface area contributed by atoms with Gasteiger partial charge in [0.25, 0.3) is 0 Å². The summed E-state index contributed by atoms with van der Waals surface area (Å²) >= 11 is 3.50. The van der Waals surface area contributed by atoms with Crippen LogP contribution in [-0.4, -0.2) is 53.1 Å². The SMILES string of the molecule is CN=C(NCCCn1ccnc1)NC1CCN(Cc2ccc(Br)cc2)CC1.I. The maximum atomic E-state index is 4.37. The summed E-state index contributed by atoms with van der Waals surface area (Å²) in [5, 5.41) is 7.00. The predicted octanol–water partition coefficient (Wildman–Crippen LogP) is 3.48. The molecule has 0 atom stereocenters. The number of nitrogens with one attached hydrogen (secondary N) is 2. The molecule has 8 heteroatoms. The van der Waals surface area contributed by atoms with E-state index in [9.17, 15) is 0 Å². The van der Waals surface area contributed by atoms with Crippen molar-refractivity contribution in [1.29, 1.82) is 0 Å². The van der Waals surface area contributed by atoms with Gasteiger partial charge in [-0.05, 0) is 37.0 Å². The Morgan fingerprint density at radius 2 is 2.00 bits per heavy atom. The Kier molecular flexibility index (Phi) is 10.3. The van der Waals surface area contributed by atoms with Crippen molar-refractivity contribution in [2.24, 2.45) is 4.99 Å². The number of guanidine groups is 1. The molecule has 1 aromatic heterocycles. The van der Waals surface area contributed by atoms with E-state index in [0.717, 1.165) is 62.4 Å². The second-order valence-corrected chi connectivity index (χ2v) is 7.89. The van der Waals surface area contributed by atoms with Crippen molar-refractivity contribution in [3.05, 3.63) is 53.0 Å². The lowest BCUT2D eigenvalue weighted by atomic mass is 10.0. The molecule has 1 aromatic carbocycles. The number of aliphatic imine (C=N–C) groups is 1. The Labute approximate surface area is 193 Å². The lowest BCUT2D eigenvalue weighted by molar-refractivity contribution is 0.198. The molecule has 1 aliphatic heterocycles. The summed E-state index contributed by atoms with van der Waals surface area (Å²) in [6.07, 6.45) is 9.00. The molecular formula is C20H30BrIN6. The Balaban J connectivity index is 0.00000280. The first kappa shape index (κ1) is 23.2. The molecule has 0 radical (unpaired) electrons. The van der Waals surface area contributed by atoms with Crippen LogP contribution in [0, 0.1) is 0 Å². The second kappa shape index (κ2) is 12.4. The summed E-state index contributed by atoms with van der Waals surface area (Å²) < 4.78 is 3.23. The van der Waals surface area contributed by atoms with Crippen molar-refractivity contribution < 1.29 is 0 Å². The third kappa shape index (κ3) is 7.71. The van der Waals surface area contributed by atoms with Crippen LogP contribution in [0.15, 0.2) is 52.5 Å². The van der Waals surface area contributed by atoms with Crippen molar-refractivity contribution >= 4 is 45.9 Å². The highest BCUT2D eigenvalue weighted by Crippen LogP contribution is 2.16. The van der Waals surface area contributed by atoms with Gasteiger partial charge in [0.1, 0.15) is 0 Å². The highest BCUT2D eigenvalue weighted by atomic mass is 127. The van der Waals surface area contributed by atoms with Crippen LogP contribution >= 0.6 is 39.9 Å². The summed E-state index contributed by atoms with van der Waals surface area (Å²) in [7, 11) is 1.84. The van der Waals surface area contributed by atoms with E-state index in [1.807, 2.05) is 25.8 Å². The first-order valence-electron chi connectivity index (χ1n) is 9.62. The number of halogens is 2. The molecule has 2 N–H and O–H groups in total.